The summed E-state index contributed by atoms with van der Waals surface area (Å²) in [4.78, 5) is 33.8. The molecule has 1 saturated carbocycles. The first-order chi connectivity index (χ1) is 12.8. The molecular formula is C22H27N3O2. The molecule has 0 N–H and O–H groups in total. The molecule has 1 saturated heterocycles. The zero-order valence-electron chi connectivity index (χ0n) is 16.5. The van der Waals surface area contributed by atoms with Crippen molar-refractivity contribution in [2.45, 2.75) is 39.2 Å². The van der Waals surface area contributed by atoms with Gasteiger partial charge in [-0.15, -0.1) is 0 Å². The SMILES string of the molecule is Cc1cc(C(=O)N(C)[C@@H]2C[C@@H]3CC(=O)N(C)C[C@@H]3C2)c2cccc(C)c2n1. The molecule has 3 atom stereocenters. The molecule has 0 radical (unpaired) electrons. The lowest BCUT2D eigenvalue weighted by molar-refractivity contribution is -0.134. The Balaban J connectivity index is 1.61. The number of para-hydroxylation sites is 1. The lowest BCUT2D eigenvalue weighted by Crippen LogP contribution is -2.40. The Hall–Kier alpha value is -2.43. The first kappa shape index (κ1) is 18.0. The quantitative estimate of drug-likeness (QED) is 0.821. The number of piperidine rings is 1. The molecule has 1 aromatic heterocycles. The maximum absolute atomic E-state index is 13.4. The molecule has 142 valence electrons. The van der Waals surface area contributed by atoms with Gasteiger partial charge in [-0.1, -0.05) is 18.2 Å². The van der Waals surface area contributed by atoms with Gasteiger partial charge in [0.2, 0.25) is 5.91 Å². The average molecular weight is 365 g/mol. The molecule has 2 heterocycles. The van der Waals surface area contributed by atoms with Gasteiger partial charge in [-0.2, -0.15) is 0 Å². The smallest absolute Gasteiger partial charge is 0.254 e. The highest BCUT2D eigenvalue weighted by Crippen LogP contribution is 2.40. The molecule has 4 rings (SSSR count). The second-order valence-corrected chi connectivity index (χ2v) is 8.32. The van der Waals surface area contributed by atoms with Crippen LogP contribution < -0.4 is 0 Å². The van der Waals surface area contributed by atoms with Crippen molar-refractivity contribution in [3.63, 3.8) is 0 Å². The van der Waals surface area contributed by atoms with Gasteiger partial charge < -0.3 is 9.80 Å². The van der Waals surface area contributed by atoms with Crippen LogP contribution in [0.3, 0.4) is 0 Å². The van der Waals surface area contributed by atoms with Gasteiger partial charge in [0, 0.05) is 44.2 Å². The third-order valence-electron chi connectivity index (χ3n) is 6.46. The molecule has 2 aliphatic rings. The predicted octanol–water partition coefficient (Wildman–Crippen LogP) is 3.18. The van der Waals surface area contributed by atoms with Crippen LogP contribution >= 0.6 is 0 Å². The number of hydrogen-bond acceptors (Lipinski definition) is 3. The van der Waals surface area contributed by atoms with Gasteiger partial charge in [-0.3, -0.25) is 14.6 Å². The van der Waals surface area contributed by atoms with E-state index in [0.29, 0.717) is 18.3 Å². The maximum Gasteiger partial charge on any atom is 0.254 e. The maximum atomic E-state index is 13.4. The monoisotopic (exact) mass is 365 g/mol. The van der Waals surface area contributed by atoms with Crippen molar-refractivity contribution in [3.8, 4) is 0 Å². The number of aromatic nitrogens is 1. The number of likely N-dealkylation sites (tertiary alicyclic amines) is 1. The van der Waals surface area contributed by atoms with E-state index in [1.54, 1.807) is 0 Å². The summed E-state index contributed by atoms with van der Waals surface area (Å²) >= 11 is 0. The van der Waals surface area contributed by atoms with Crippen LogP contribution in [0.1, 0.15) is 40.9 Å². The molecule has 2 amide bonds. The first-order valence-electron chi connectivity index (χ1n) is 9.73. The van der Waals surface area contributed by atoms with Gasteiger partial charge in [0.05, 0.1) is 11.1 Å². The molecule has 5 nitrogen and oxygen atoms in total. The fourth-order valence-corrected chi connectivity index (χ4v) is 4.86. The topological polar surface area (TPSA) is 53.5 Å². The van der Waals surface area contributed by atoms with E-state index in [9.17, 15) is 9.59 Å². The Labute approximate surface area is 160 Å². The molecule has 0 unspecified atom stereocenters. The highest BCUT2D eigenvalue weighted by molar-refractivity contribution is 6.06. The van der Waals surface area contributed by atoms with Crippen LogP contribution in [0.15, 0.2) is 24.3 Å². The first-order valence-corrected chi connectivity index (χ1v) is 9.73. The molecule has 2 aromatic rings. The highest BCUT2D eigenvalue weighted by Gasteiger charge is 2.42. The Morgan fingerprint density at radius 1 is 1.22 bits per heavy atom. The highest BCUT2D eigenvalue weighted by atomic mass is 16.2. The number of fused-ring (bicyclic) bond motifs is 2. The van der Waals surface area contributed by atoms with Gasteiger partial charge in [-0.05, 0) is 50.2 Å². The van der Waals surface area contributed by atoms with Gasteiger partial charge in [0.15, 0.2) is 0 Å². The van der Waals surface area contributed by atoms with Crippen molar-refractivity contribution < 1.29 is 9.59 Å². The Kier molecular flexibility index (Phi) is 4.41. The molecule has 1 aliphatic heterocycles. The summed E-state index contributed by atoms with van der Waals surface area (Å²) in [6.07, 6.45) is 2.52. The summed E-state index contributed by atoms with van der Waals surface area (Å²) in [5, 5.41) is 0.919. The van der Waals surface area contributed by atoms with Crippen LogP contribution in [0, 0.1) is 25.7 Å². The average Bonchev–Trinajstić information content (AvgIpc) is 3.03. The van der Waals surface area contributed by atoms with Crippen LogP contribution in [0.25, 0.3) is 10.9 Å². The normalized spacial score (nSPS) is 25.0. The largest absolute Gasteiger partial charge is 0.345 e. The summed E-state index contributed by atoms with van der Waals surface area (Å²) in [7, 11) is 3.79. The van der Waals surface area contributed by atoms with Crippen molar-refractivity contribution in [2.75, 3.05) is 20.6 Å². The van der Waals surface area contributed by atoms with Crippen molar-refractivity contribution in [3.05, 3.63) is 41.1 Å². The minimum Gasteiger partial charge on any atom is -0.345 e. The number of carbonyl (C=O) groups is 2. The fraction of sp³-hybridized carbons (Fsp3) is 0.500. The Bertz CT molecular complexity index is 923. The summed E-state index contributed by atoms with van der Waals surface area (Å²) in [5.74, 6) is 1.20. The van der Waals surface area contributed by atoms with Gasteiger partial charge in [0.25, 0.3) is 5.91 Å². The second kappa shape index (κ2) is 6.63. The zero-order valence-corrected chi connectivity index (χ0v) is 16.5. The van der Waals surface area contributed by atoms with Crippen LogP contribution in [0.4, 0.5) is 0 Å². The molecule has 0 spiro atoms. The van der Waals surface area contributed by atoms with Gasteiger partial charge >= 0.3 is 0 Å². The fourth-order valence-electron chi connectivity index (χ4n) is 4.86. The Morgan fingerprint density at radius 2 is 1.96 bits per heavy atom. The predicted molar refractivity (Wildman–Crippen MR) is 106 cm³/mol. The van der Waals surface area contributed by atoms with E-state index < -0.39 is 0 Å². The number of aryl methyl sites for hydroxylation is 2. The minimum absolute atomic E-state index is 0.0550. The summed E-state index contributed by atoms with van der Waals surface area (Å²) in [6, 6.07) is 8.09. The van der Waals surface area contributed by atoms with E-state index >= 15 is 0 Å². The lowest BCUT2D eigenvalue weighted by atomic mass is 9.88. The van der Waals surface area contributed by atoms with Crippen LogP contribution in [-0.2, 0) is 4.79 Å². The molecule has 1 aliphatic carbocycles. The molecule has 0 bridgehead atoms. The number of amides is 2. The summed E-state index contributed by atoms with van der Waals surface area (Å²) < 4.78 is 0. The van der Waals surface area contributed by atoms with Crippen molar-refractivity contribution in [1.29, 1.82) is 0 Å². The molecule has 5 heteroatoms. The van der Waals surface area contributed by atoms with E-state index in [1.807, 2.05) is 62.0 Å². The number of pyridine rings is 1. The van der Waals surface area contributed by atoms with E-state index in [-0.39, 0.29) is 17.9 Å². The molecular weight excluding hydrogens is 338 g/mol. The van der Waals surface area contributed by atoms with Crippen molar-refractivity contribution in [1.82, 2.24) is 14.8 Å². The number of carbonyl (C=O) groups excluding carboxylic acids is 2. The number of benzene rings is 1. The van der Waals surface area contributed by atoms with Gasteiger partial charge in [0.1, 0.15) is 0 Å². The Morgan fingerprint density at radius 3 is 2.74 bits per heavy atom. The van der Waals surface area contributed by atoms with E-state index in [0.717, 1.165) is 47.1 Å². The standard InChI is InChI=1S/C22H27N3O2/c1-13-6-5-7-18-19(8-14(2)23-21(13)18)22(27)25(4)17-9-15-11-20(26)24(3)12-16(15)10-17/h5-8,15-17H,9-12H2,1-4H3/t15-,16+,17-/m1/s1. The zero-order chi connectivity index (χ0) is 19.3. The number of rotatable bonds is 2. The van der Waals surface area contributed by atoms with Crippen LogP contribution in [0.5, 0.6) is 0 Å². The van der Waals surface area contributed by atoms with Gasteiger partial charge in [-0.25, -0.2) is 0 Å². The lowest BCUT2D eigenvalue weighted by Gasteiger charge is -2.31. The third kappa shape index (κ3) is 3.09. The number of hydrogen-bond donors (Lipinski definition) is 0. The van der Waals surface area contributed by atoms with Crippen LogP contribution in [0.2, 0.25) is 0 Å². The van der Waals surface area contributed by atoms with E-state index in [1.165, 1.54) is 0 Å². The van der Waals surface area contributed by atoms with E-state index in [2.05, 4.69) is 4.98 Å². The van der Waals surface area contributed by atoms with Crippen molar-refractivity contribution in [2.24, 2.45) is 11.8 Å². The summed E-state index contributed by atoms with van der Waals surface area (Å²) in [6.45, 7) is 4.79. The third-order valence-corrected chi connectivity index (χ3v) is 6.46. The second-order valence-electron chi connectivity index (χ2n) is 8.32. The summed E-state index contributed by atoms with van der Waals surface area (Å²) in [5.41, 5.74) is 3.58. The minimum atomic E-state index is 0.0550. The van der Waals surface area contributed by atoms with Crippen molar-refractivity contribution >= 4 is 22.7 Å². The number of nitrogens with zero attached hydrogens (tertiary/aromatic N) is 3. The van der Waals surface area contributed by atoms with Crippen LogP contribution in [-0.4, -0.2) is 53.3 Å². The molecule has 1 aromatic carbocycles. The molecule has 27 heavy (non-hydrogen) atoms. The molecule has 2 fully saturated rings. The van der Waals surface area contributed by atoms with E-state index in [4.69, 9.17) is 0 Å².